The van der Waals surface area contributed by atoms with E-state index in [1.54, 1.807) is 18.5 Å². The maximum atomic E-state index is 12.6. The highest BCUT2D eigenvalue weighted by Crippen LogP contribution is 2.39. The van der Waals surface area contributed by atoms with Gasteiger partial charge in [0.15, 0.2) is 0 Å². The average molecular weight is 371 g/mol. The zero-order valence-corrected chi connectivity index (χ0v) is 15.9. The standard InChI is InChI=1S/C21H29N3O3/c25-19(23-9-1-2-10-23)14-17-5-13-27-21(15-17)6-11-24(12-7-21)20(26)18-4-3-8-22-16-18/h3-4,8,16-17H,1-2,5-7,9-15H2. The van der Waals surface area contributed by atoms with Crippen molar-refractivity contribution < 1.29 is 14.3 Å². The van der Waals surface area contributed by atoms with Crippen LogP contribution in [0.2, 0.25) is 0 Å². The molecular weight excluding hydrogens is 342 g/mol. The highest BCUT2D eigenvalue weighted by molar-refractivity contribution is 5.93. The van der Waals surface area contributed by atoms with E-state index in [0.29, 0.717) is 36.9 Å². The molecule has 1 unspecified atom stereocenters. The summed E-state index contributed by atoms with van der Waals surface area (Å²) in [6.07, 6.45) is 9.88. The highest BCUT2D eigenvalue weighted by Gasteiger charge is 2.42. The Labute approximate surface area is 160 Å². The second-order valence-corrected chi connectivity index (χ2v) is 8.22. The number of ether oxygens (including phenoxy) is 1. The van der Waals surface area contributed by atoms with Gasteiger partial charge in [-0.1, -0.05) is 0 Å². The van der Waals surface area contributed by atoms with Gasteiger partial charge >= 0.3 is 0 Å². The molecule has 3 fully saturated rings. The first-order valence-corrected chi connectivity index (χ1v) is 10.3. The van der Waals surface area contributed by atoms with Crippen LogP contribution >= 0.6 is 0 Å². The van der Waals surface area contributed by atoms with Crippen LogP contribution in [0.4, 0.5) is 0 Å². The number of carbonyl (C=O) groups excluding carboxylic acids is 2. The van der Waals surface area contributed by atoms with Crippen molar-refractivity contribution in [3.63, 3.8) is 0 Å². The average Bonchev–Trinajstić information content (AvgIpc) is 3.24. The first kappa shape index (κ1) is 18.4. The largest absolute Gasteiger partial charge is 0.375 e. The Kier molecular flexibility index (Phi) is 5.43. The molecule has 0 bridgehead atoms. The molecule has 1 aromatic rings. The van der Waals surface area contributed by atoms with Gasteiger partial charge in [-0.2, -0.15) is 0 Å². The number of nitrogens with zero attached hydrogens (tertiary/aromatic N) is 3. The minimum Gasteiger partial charge on any atom is -0.375 e. The number of pyridine rings is 1. The summed E-state index contributed by atoms with van der Waals surface area (Å²) >= 11 is 0. The summed E-state index contributed by atoms with van der Waals surface area (Å²) in [5.41, 5.74) is 0.493. The van der Waals surface area contributed by atoms with Crippen molar-refractivity contribution in [2.24, 2.45) is 5.92 Å². The molecule has 0 radical (unpaired) electrons. The number of rotatable bonds is 3. The van der Waals surface area contributed by atoms with E-state index >= 15 is 0 Å². The zero-order valence-electron chi connectivity index (χ0n) is 15.9. The van der Waals surface area contributed by atoms with Crippen molar-refractivity contribution in [2.45, 2.75) is 50.5 Å². The van der Waals surface area contributed by atoms with E-state index in [2.05, 4.69) is 4.98 Å². The molecule has 0 aliphatic carbocycles. The van der Waals surface area contributed by atoms with Gasteiger partial charge in [0.25, 0.3) is 5.91 Å². The monoisotopic (exact) mass is 371 g/mol. The number of hydrogen-bond acceptors (Lipinski definition) is 4. The van der Waals surface area contributed by atoms with Crippen molar-refractivity contribution in [3.05, 3.63) is 30.1 Å². The molecule has 4 heterocycles. The van der Waals surface area contributed by atoms with Gasteiger partial charge in [0.05, 0.1) is 11.2 Å². The second kappa shape index (κ2) is 7.97. The van der Waals surface area contributed by atoms with Crippen molar-refractivity contribution in [2.75, 3.05) is 32.8 Å². The molecule has 3 aliphatic rings. The lowest BCUT2D eigenvalue weighted by molar-refractivity contribution is -0.140. The molecule has 6 heteroatoms. The fraction of sp³-hybridized carbons (Fsp3) is 0.667. The van der Waals surface area contributed by atoms with Gasteiger partial charge in [0.1, 0.15) is 0 Å². The summed E-state index contributed by atoms with van der Waals surface area (Å²) in [6, 6.07) is 3.61. The third kappa shape index (κ3) is 4.15. The van der Waals surface area contributed by atoms with Crippen molar-refractivity contribution in [1.82, 2.24) is 14.8 Å². The summed E-state index contributed by atoms with van der Waals surface area (Å²) in [5, 5.41) is 0. The Bertz CT molecular complexity index is 665. The number of piperidine rings is 1. The quantitative estimate of drug-likeness (QED) is 0.819. The van der Waals surface area contributed by atoms with Crippen LogP contribution in [0.3, 0.4) is 0 Å². The molecule has 0 N–H and O–H groups in total. The maximum Gasteiger partial charge on any atom is 0.255 e. The Balaban J connectivity index is 1.32. The summed E-state index contributed by atoms with van der Waals surface area (Å²) < 4.78 is 6.20. The Morgan fingerprint density at radius 3 is 2.63 bits per heavy atom. The van der Waals surface area contributed by atoms with Crippen LogP contribution in [-0.2, 0) is 9.53 Å². The van der Waals surface area contributed by atoms with E-state index in [-0.39, 0.29) is 11.5 Å². The van der Waals surface area contributed by atoms with Crippen LogP contribution in [0.5, 0.6) is 0 Å². The minimum absolute atomic E-state index is 0.0505. The number of likely N-dealkylation sites (tertiary alicyclic amines) is 2. The predicted octanol–water partition coefficient (Wildman–Crippen LogP) is 2.50. The molecule has 1 aromatic heterocycles. The van der Waals surface area contributed by atoms with E-state index < -0.39 is 0 Å². The van der Waals surface area contributed by atoms with Gasteiger partial charge in [-0.25, -0.2) is 0 Å². The Morgan fingerprint density at radius 1 is 1.15 bits per heavy atom. The van der Waals surface area contributed by atoms with E-state index in [0.717, 1.165) is 58.2 Å². The maximum absolute atomic E-state index is 12.6. The third-order valence-corrected chi connectivity index (χ3v) is 6.39. The minimum atomic E-state index is -0.153. The molecule has 0 saturated carbocycles. The normalized spacial score (nSPS) is 25.0. The zero-order chi connectivity index (χ0) is 18.7. The molecule has 6 nitrogen and oxygen atoms in total. The van der Waals surface area contributed by atoms with Crippen molar-refractivity contribution >= 4 is 11.8 Å². The summed E-state index contributed by atoms with van der Waals surface area (Å²) in [4.78, 5) is 33.1. The number of amides is 2. The molecule has 4 rings (SSSR count). The van der Waals surface area contributed by atoms with Crippen LogP contribution in [-0.4, -0.2) is 65.0 Å². The number of aromatic nitrogens is 1. The third-order valence-electron chi connectivity index (χ3n) is 6.39. The van der Waals surface area contributed by atoms with E-state index in [4.69, 9.17) is 4.74 Å². The van der Waals surface area contributed by atoms with Crippen molar-refractivity contribution in [3.8, 4) is 0 Å². The van der Waals surface area contributed by atoms with E-state index in [1.165, 1.54) is 0 Å². The van der Waals surface area contributed by atoms with Gasteiger partial charge < -0.3 is 14.5 Å². The molecule has 1 atom stereocenters. The molecule has 146 valence electrons. The lowest BCUT2D eigenvalue weighted by Crippen LogP contribution is -2.51. The molecule has 1 spiro atoms. The molecule has 0 aromatic carbocycles. The molecule has 27 heavy (non-hydrogen) atoms. The van der Waals surface area contributed by atoms with Crippen molar-refractivity contribution in [1.29, 1.82) is 0 Å². The van der Waals surface area contributed by atoms with Crippen LogP contribution < -0.4 is 0 Å². The lowest BCUT2D eigenvalue weighted by atomic mass is 9.78. The van der Waals surface area contributed by atoms with Crippen LogP contribution in [0.1, 0.15) is 55.3 Å². The van der Waals surface area contributed by atoms with Gasteiger partial charge in [0, 0.05) is 51.6 Å². The highest BCUT2D eigenvalue weighted by atomic mass is 16.5. The second-order valence-electron chi connectivity index (χ2n) is 8.22. The topological polar surface area (TPSA) is 62.7 Å². The fourth-order valence-corrected chi connectivity index (χ4v) is 4.78. The first-order chi connectivity index (χ1) is 13.2. The molecular formula is C21H29N3O3. The van der Waals surface area contributed by atoms with Crippen LogP contribution in [0.15, 0.2) is 24.5 Å². The fourth-order valence-electron chi connectivity index (χ4n) is 4.78. The first-order valence-electron chi connectivity index (χ1n) is 10.3. The summed E-state index contributed by atoms with van der Waals surface area (Å²) in [6.45, 7) is 4.01. The van der Waals surface area contributed by atoms with Gasteiger partial charge in [0.2, 0.25) is 5.91 Å². The van der Waals surface area contributed by atoms with Gasteiger partial charge in [-0.3, -0.25) is 14.6 Å². The molecule has 2 amide bonds. The smallest absolute Gasteiger partial charge is 0.255 e. The van der Waals surface area contributed by atoms with Gasteiger partial charge in [-0.05, 0) is 56.6 Å². The predicted molar refractivity (Wildman–Crippen MR) is 101 cm³/mol. The lowest BCUT2D eigenvalue weighted by Gasteiger charge is -2.46. The number of carbonyl (C=O) groups is 2. The van der Waals surface area contributed by atoms with Gasteiger partial charge in [-0.15, -0.1) is 0 Å². The Morgan fingerprint density at radius 2 is 1.93 bits per heavy atom. The Hall–Kier alpha value is -1.95. The molecule has 3 aliphatic heterocycles. The van der Waals surface area contributed by atoms with E-state index in [9.17, 15) is 9.59 Å². The SMILES string of the molecule is O=C(CC1CCOC2(CCN(C(=O)c3cccnc3)CC2)C1)N1CCCC1. The number of hydrogen-bond donors (Lipinski definition) is 0. The van der Waals surface area contributed by atoms with E-state index in [1.807, 2.05) is 15.9 Å². The van der Waals surface area contributed by atoms with Crippen LogP contribution in [0, 0.1) is 5.92 Å². The molecule has 3 saturated heterocycles. The summed E-state index contributed by atoms with van der Waals surface area (Å²) in [7, 11) is 0. The summed E-state index contributed by atoms with van der Waals surface area (Å²) in [5.74, 6) is 0.778. The van der Waals surface area contributed by atoms with Crippen LogP contribution in [0.25, 0.3) is 0 Å².